The summed E-state index contributed by atoms with van der Waals surface area (Å²) >= 11 is 0. The number of nitrogens with one attached hydrogen (secondary N) is 1. The van der Waals surface area contributed by atoms with Crippen molar-refractivity contribution in [2.75, 3.05) is 11.9 Å². The van der Waals surface area contributed by atoms with Gasteiger partial charge in [-0.2, -0.15) is 0 Å². The Kier molecular flexibility index (Phi) is 7.62. The van der Waals surface area contributed by atoms with Gasteiger partial charge in [-0.25, -0.2) is 0 Å². The molecule has 1 amide bonds. The first-order valence-electron chi connectivity index (χ1n) is 10.5. The zero-order chi connectivity index (χ0) is 20.5. The molecule has 0 saturated heterocycles. The molecule has 4 nitrogen and oxygen atoms in total. The molecular formula is C25H29NO3. The van der Waals surface area contributed by atoms with Crippen molar-refractivity contribution in [3.05, 3.63) is 71.3 Å². The van der Waals surface area contributed by atoms with Crippen LogP contribution in [0.25, 0.3) is 6.08 Å². The summed E-state index contributed by atoms with van der Waals surface area (Å²) in [6.07, 6.45) is 8.46. The van der Waals surface area contributed by atoms with Crippen molar-refractivity contribution in [3.8, 4) is 0 Å². The van der Waals surface area contributed by atoms with Crippen LogP contribution >= 0.6 is 0 Å². The lowest BCUT2D eigenvalue weighted by atomic mass is 9.93. The van der Waals surface area contributed by atoms with Crippen molar-refractivity contribution < 1.29 is 14.3 Å². The average Bonchev–Trinajstić information content (AvgIpc) is 2.75. The van der Waals surface area contributed by atoms with Gasteiger partial charge in [-0.1, -0.05) is 66.6 Å². The number of hydrogen-bond acceptors (Lipinski definition) is 3. The summed E-state index contributed by atoms with van der Waals surface area (Å²) in [5.41, 5.74) is 4.07. The number of para-hydroxylation sites is 1. The average molecular weight is 392 g/mol. The number of hydrogen-bond donors (Lipinski definition) is 1. The highest BCUT2D eigenvalue weighted by Crippen LogP contribution is 2.27. The van der Waals surface area contributed by atoms with E-state index in [9.17, 15) is 9.59 Å². The van der Waals surface area contributed by atoms with E-state index in [0.29, 0.717) is 6.42 Å². The van der Waals surface area contributed by atoms with E-state index in [1.807, 2.05) is 54.6 Å². The number of benzene rings is 2. The molecule has 3 rings (SSSR count). The molecule has 4 heteroatoms. The van der Waals surface area contributed by atoms with Crippen molar-refractivity contribution in [2.24, 2.45) is 5.92 Å². The Balaban J connectivity index is 1.79. The summed E-state index contributed by atoms with van der Waals surface area (Å²) < 4.78 is 5.18. The van der Waals surface area contributed by atoms with Crippen LogP contribution < -0.4 is 5.32 Å². The Labute approximate surface area is 173 Å². The fourth-order valence-corrected chi connectivity index (χ4v) is 3.70. The quantitative estimate of drug-likeness (QED) is 0.508. The van der Waals surface area contributed by atoms with Crippen LogP contribution in [0.15, 0.2) is 60.2 Å². The van der Waals surface area contributed by atoms with Crippen LogP contribution in [-0.4, -0.2) is 18.5 Å². The summed E-state index contributed by atoms with van der Waals surface area (Å²) in [4.78, 5) is 25.5. The second-order valence-electron chi connectivity index (χ2n) is 7.43. The highest BCUT2D eigenvalue weighted by Gasteiger charge is 2.28. The first-order valence-corrected chi connectivity index (χ1v) is 10.5. The normalized spacial score (nSPS) is 14.7. The van der Waals surface area contributed by atoms with Crippen LogP contribution in [0, 0.1) is 5.92 Å². The summed E-state index contributed by atoms with van der Waals surface area (Å²) in [7, 11) is 0. The second-order valence-corrected chi connectivity index (χ2v) is 7.43. The van der Waals surface area contributed by atoms with E-state index in [1.54, 1.807) is 6.92 Å². The minimum absolute atomic E-state index is 0.250. The van der Waals surface area contributed by atoms with E-state index in [-0.39, 0.29) is 12.5 Å². The predicted octanol–water partition coefficient (Wildman–Crippen LogP) is 5.39. The third-order valence-electron chi connectivity index (χ3n) is 5.24. The number of carbonyl (C=O) groups excluding carboxylic acids is 2. The lowest BCUT2D eigenvalue weighted by molar-refractivity contribution is -0.150. The molecular weight excluding hydrogens is 362 g/mol. The van der Waals surface area contributed by atoms with Crippen LogP contribution in [0.4, 0.5) is 5.69 Å². The molecule has 152 valence electrons. The monoisotopic (exact) mass is 391 g/mol. The van der Waals surface area contributed by atoms with Crippen LogP contribution in [0.3, 0.4) is 0 Å². The van der Waals surface area contributed by atoms with Crippen LogP contribution in [-0.2, 0) is 20.7 Å². The molecule has 1 N–H and O–H groups in total. The van der Waals surface area contributed by atoms with Gasteiger partial charge in [0.05, 0.1) is 6.61 Å². The van der Waals surface area contributed by atoms with E-state index in [2.05, 4.69) is 11.4 Å². The zero-order valence-corrected chi connectivity index (χ0v) is 17.0. The molecule has 0 aliphatic heterocycles. The van der Waals surface area contributed by atoms with Crippen molar-refractivity contribution >= 4 is 23.6 Å². The lowest BCUT2D eigenvalue weighted by Gasteiger charge is -2.18. The summed E-state index contributed by atoms with van der Waals surface area (Å²) in [6, 6.07) is 17.3. The molecule has 1 fully saturated rings. The molecule has 1 aliphatic carbocycles. The lowest BCUT2D eigenvalue weighted by Crippen LogP contribution is -2.33. The molecule has 0 aromatic heterocycles. The maximum absolute atomic E-state index is 13.0. The first kappa shape index (κ1) is 20.8. The Bertz CT molecular complexity index is 849. The van der Waals surface area contributed by atoms with Crippen molar-refractivity contribution in [1.82, 2.24) is 0 Å². The van der Waals surface area contributed by atoms with Gasteiger partial charge in [0.25, 0.3) is 0 Å². The van der Waals surface area contributed by atoms with Crippen molar-refractivity contribution in [1.29, 1.82) is 0 Å². The first-order chi connectivity index (χ1) is 14.2. The van der Waals surface area contributed by atoms with Gasteiger partial charge in [0, 0.05) is 5.69 Å². The Morgan fingerprint density at radius 2 is 1.69 bits per heavy atom. The molecule has 1 atom stereocenters. The fourth-order valence-electron chi connectivity index (χ4n) is 3.70. The number of allylic oxidation sites excluding steroid dienone is 1. The van der Waals surface area contributed by atoms with E-state index in [4.69, 9.17) is 4.74 Å². The molecule has 0 radical (unpaired) electrons. The third kappa shape index (κ3) is 6.05. The standard InChI is InChI=1S/C25H29NO3/c1-2-29-25(28)22(18-20-13-7-4-8-14-20)24(27)26-23-16-10-9-15-21(23)17-19-11-5-3-6-12-19/h4,7-10,13-17,22H,2-3,5-6,11-12,18H2,1H3,(H,26,27). The maximum atomic E-state index is 13.0. The molecule has 29 heavy (non-hydrogen) atoms. The topological polar surface area (TPSA) is 55.4 Å². The van der Waals surface area contributed by atoms with E-state index >= 15 is 0 Å². The molecule has 0 spiro atoms. The van der Waals surface area contributed by atoms with Gasteiger partial charge in [0.2, 0.25) is 5.91 Å². The van der Waals surface area contributed by atoms with Gasteiger partial charge in [0.1, 0.15) is 5.92 Å². The van der Waals surface area contributed by atoms with Gasteiger partial charge in [-0.3, -0.25) is 9.59 Å². The smallest absolute Gasteiger partial charge is 0.318 e. The number of carbonyl (C=O) groups is 2. The van der Waals surface area contributed by atoms with Crippen molar-refractivity contribution in [2.45, 2.75) is 45.4 Å². The van der Waals surface area contributed by atoms with Gasteiger partial charge in [-0.15, -0.1) is 0 Å². The number of rotatable bonds is 7. The Morgan fingerprint density at radius 3 is 2.41 bits per heavy atom. The van der Waals surface area contributed by atoms with Crippen LogP contribution in [0.2, 0.25) is 0 Å². The Hall–Kier alpha value is -2.88. The van der Waals surface area contributed by atoms with Crippen LogP contribution in [0.1, 0.15) is 50.2 Å². The third-order valence-corrected chi connectivity index (χ3v) is 5.24. The van der Waals surface area contributed by atoms with E-state index < -0.39 is 11.9 Å². The SMILES string of the molecule is CCOC(=O)C(Cc1ccccc1)C(=O)Nc1ccccc1C=C1CCCCC1. The highest BCUT2D eigenvalue weighted by molar-refractivity contribution is 6.05. The minimum atomic E-state index is -0.882. The molecule has 0 bridgehead atoms. The predicted molar refractivity (Wildman–Crippen MR) is 116 cm³/mol. The van der Waals surface area contributed by atoms with Gasteiger partial charge < -0.3 is 10.1 Å². The molecule has 1 saturated carbocycles. The summed E-state index contributed by atoms with van der Waals surface area (Å²) in [5.74, 6) is -1.70. The Morgan fingerprint density at radius 1 is 1.00 bits per heavy atom. The highest BCUT2D eigenvalue weighted by atomic mass is 16.5. The molecule has 1 unspecified atom stereocenters. The van der Waals surface area contributed by atoms with Crippen molar-refractivity contribution in [3.63, 3.8) is 0 Å². The fraction of sp³-hybridized carbons (Fsp3) is 0.360. The van der Waals surface area contributed by atoms with E-state index in [1.165, 1.54) is 24.8 Å². The summed E-state index contributed by atoms with van der Waals surface area (Å²) in [5, 5.41) is 2.98. The van der Waals surface area contributed by atoms with E-state index in [0.717, 1.165) is 29.7 Å². The number of amides is 1. The molecule has 1 aliphatic rings. The number of anilines is 1. The van der Waals surface area contributed by atoms with Crippen LogP contribution in [0.5, 0.6) is 0 Å². The van der Waals surface area contributed by atoms with Gasteiger partial charge in [-0.05, 0) is 56.2 Å². The summed E-state index contributed by atoms with van der Waals surface area (Å²) in [6.45, 7) is 2.00. The minimum Gasteiger partial charge on any atom is -0.465 e. The molecule has 0 heterocycles. The second kappa shape index (κ2) is 10.6. The van der Waals surface area contributed by atoms with Gasteiger partial charge in [0.15, 0.2) is 0 Å². The maximum Gasteiger partial charge on any atom is 0.318 e. The largest absolute Gasteiger partial charge is 0.465 e. The number of esters is 1. The zero-order valence-electron chi connectivity index (χ0n) is 17.0. The number of ether oxygens (including phenoxy) is 1. The molecule has 2 aromatic carbocycles. The molecule has 2 aromatic rings. The van der Waals surface area contributed by atoms with Gasteiger partial charge >= 0.3 is 5.97 Å².